The molecule has 0 spiro atoms. The van der Waals surface area contributed by atoms with Gasteiger partial charge in [0.15, 0.2) is 0 Å². The van der Waals surface area contributed by atoms with Gasteiger partial charge >= 0.3 is 0 Å². The van der Waals surface area contributed by atoms with Crippen LogP contribution in [0.1, 0.15) is 40.7 Å². The van der Waals surface area contributed by atoms with Crippen LogP contribution in [-0.4, -0.2) is 65.5 Å². The molecular weight excluding hydrogens is 461 g/mol. The summed E-state index contributed by atoms with van der Waals surface area (Å²) in [5.41, 5.74) is 1.75. The number of benzene rings is 2. The summed E-state index contributed by atoms with van der Waals surface area (Å²) in [7, 11) is 0. The Labute approximate surface area is 204 Å². The Hall–Kier alpha value is -2.12. The van der Waals surface area contributed by atoms with Gasteiger partial charge in [0.1, 0.15) is 0 Å². The van der Waals surface area contributed by atoms with Crippen LogP contribution in [0, 0.1) is 6.92 Å². The summed E-state index contributed by atoms with van der Waals surface area (Å²) in [5.74, 6) is -0.455. The van der Waals surface area contributed by atoms with Gasteiger partial charge in [-0.05, 0) is 49.9 Å². The lowest BCUT2D eigenvalue weighted by molar-refractivity contribution is -0.129. The summed E-state index contributed by atoms with van der Waals surface area (Å²) in [6.07, 6.45) is 2.26. The van der Waals surface area contributed by atoms with Gasteiger partial charge in [-0.3, -0.25) is 14.5 Å². The average molecular weight is 490 g/mol. The SMILES string of the molecule is Cc1ccc(C2(O)CCN(C3CCN(C(=O)CNC(=O)c4ccc(Cl)c(Cl)c4)C3)CC2)cc1. The number of halogens is 2. The summed E-state index contributed by atoms with van der Waals surface area (Å²) in [6.45, 7) is 4.90. The molecular formula is C25H29Cl2N3O3. The van der Waals surface area contributed by atoms with E-state index in [1.165, 1.54) is 11.6 Å². The molecule has 0 bridgehead atoms. The number of likely N-dealkylation sites (tertiary alicyclic amines) is 2. The molecule has 1 unspecified atom stereocenters. The number of carbonyl (C=O) groups excluding carboxylic acids is 2. The third kappa shape index (κ3) is 5.52. The van der Waals surface area contributed by atoms with E-state index in [9.17, 15) is 14.7 Å². The van der Waals surface area contributed by atoms with E-state index >= 15 is 0 Å². The van der Waals surface area contributed by atoms with Gasteiger partial charge in [-0.25, -0.2) is 0 Å². The van der Waals surface area contributed by atoms with E-state index in [0.717, 1.165) is 25.1 Å². The van der Waals surface area contributed by atoms with Crippen molar-refractivity contribution in [3.8, 4) is 0 Å². The molecule has 2 aliphatic rings. The Balaban J connectivity index is 1.25. The maximum absolute atomic E-state index is 12.7. The van der Waals surface area contributed by atoms with E-state index in [1.54, 1.807) is 17.0 Å². The largest absolute Gasteiger partial charge is 0.385 e. The first-order valence-electron chi connectivity index (χ1n) is 11.3. The number of amides is 2. The zero-order valence-corrected chi connectivity index (χ0v) is 20.2. The third-order valence-electron chi connectivity index (χ3n) is 6.83. The molecule has 8 heteroatoms. The van der Waals surface area contributed by atoms with E-state index in [2.05, 4.69) is 10.2 Å². The molecule has 1 atom stereocenters. The lowest BCUT2D eigenvalue weighted by Gasteiger charge is -2.41. The van der Waals surface area contributed by atoms with Gasteiger partial charge in [0.05, 0.1) is 22.2 Å². The highest BCUT2D eigenvalue weighted by molar-refractivity contribution is 6.42. The summed E-state index contributed by atoms with van der Waals surface area (Å²) in [6, 6.07) is 13.0. The fourth-order valence-corrected chi connectivity index (χ4v) is 4.98. The topological polar surface area (TPSA) is 72.9 Å². The molecule has 2 amide bonds. The van der Waals surface area contributed by atoms with E-state index in [4.69, 9.17) is 23.2 Å². The van der Waals surface area contributed by atoms with Crippen molar-refractivity contribution in [2.45, 2.75) is 37.8 Å². The molecule has 0 radical (unpaired) electrons. The number of rotatable bonds is 5. The number of hydrogen-bond acceptors (Lipinski definition) is 4. The minimum absolute atomic E-state index is 0.0566. The van der Waals surface area contributed by atoms with Crippen LogP contribution >= 0.6 is 23.2 Å². The molecule has 0 saturated carbocycles. The van der Waals surface area contributed by atoms with Crippen LogP contribution < -0.4 is 5.32 Å². The Morgan fingerprint density at radius 1 is 1.06 bits per heavy atom. The second kappa shape index (κ2) is 10.0. The number of piperidine rings is 1. The first-order valence-corrected chi connectivity index (χ1v) is 12.1. The van der Waals surface area contributed by atoms with Gasteiger partial charge in [-0.1, -0.05) is 53.0 Å². The molecule has 2 aliphatic heterocycles. The molecule has 2 fully saturated rings. The molecule has 0 aromatic heterocycles. The van der Waals surface area contributed by atoms with Crippen LogP contribution in [0.15, 0.2) is 42.5 Å². The Morgan fingerprint density at radius 3 is 2.42 bits per heavy atom. The van der Waals surface area contributed by atoms with Crippen molar-refractivity contribution in [2.24, 2.45) is 0 Å². The number of nitrogens with zero attached hydrogens (tertiary/aromatic N) is 2. The number of aliphatic hydroxyl groups is 1. The lowest BCUT2D eigenvalue weighted by Crippen LogP contribution is -2.48. The van der Waals surface area contributed by atoms with Crippen molar-refractivity contribution in [1.82, 2.24) is 15.1 Å². The predicted octanol–water partition coefficient (Wildman–Crippen LogP) is 3.62. The monoisotopic (exact) mass is 489 g/mol. The Kier molecular flexibility index (Phi) is 7.29. The van der Waals surface area contributed by atoms with Gasteiger partial charge in [-0.15, -0.1) is 0 Å². The smallest absolute Gasteiger partial charge is 0.251 e. The molecule has 2 aromatic rings. The molecule has 2 aromatic carbocycles. The van der Waals surface area contributed by atoms with Crippen LogP contribution in [-0.2, 0) is 10.4 Å². The maximum atomic E-state index is 12.7. The minimum Gasteiger partial charge on any atom is -0.385 e. The predicted molar refractivity (Wildman–Crippen MR) is 130 cm³/mol. The third-order valence-corrected chi connectivity index (χ3v) is 7.57. The fourth-order valence-electron chi connectivity index (χ4n) is 4.69. The van der Waals surface area contributed by atoms with Gasteiger partial charge in [0.2, 0.25) is 5.91 Å². The van der Waals surface area contributed by atoms with E-state index in [1.807, 2.05) is 31.2 Å². The van der Waals surface area contributed by atoms with E-state index in [0.29, 0.717) is 41.5 Å². The molecule has 6 nitrogen and oxygen atoms in total. The highest BCUT2D eigenvalue weighted by atomic mass is 35.5. The summed E-state index contributed by atoms with van der Waals surface area (Å²) >= 11 is 11.9. The van der Waals surface area contributed by atoms with Crippen LogP contribution in [0.4, 0.5) is 0 Å². The first kappa shape index (κ1) is 24.0. The number of carbonyl (C=O) groups is 2. The quantitative estimate of drug-likeness (QED) is 0.672. The lowest BCUT2D eigenvalue weighted by atomic mass is 9.83. The van der Waals surface area contributed by atoms with Crippen molar-refractivity contribution < 1.29 is 14.7 Å². The second-order valence-electron chi connectivity index (χ2n) is 9.03. The van der Waals surface area contributed by atoms with Crippen LogP contribution in [0.3, 0.4) is 0 Å². The Bertz CT molecular complexity index is 1020. The van der Waals surface area contributed by atoms with Crippen molar-refractivity contribution in [2.75, 3.05) is 32.7 Å². The van der Waals surface area contributed by atoms with Gasteiger partial charge < -0.3 is 15.3 Å². The number of nitrogens with one attached hydrogen (secondary N) is 1. The summed E-state index contributed by atoms with van der Waals surface area (Å²) in [4.78, 5) is 29.2. The van der Waals surface area contributed by atoms with Crippen molar-refractivity contribution in [1.29, 1.82) is 0 Å². The highest BCUT2D eigenvalue weighted by Crippen LogP contribution is 2.34. The van der Waals surface area contributed by atoms with Gasteiger partial charge in [-0.2, -0.15) is 0 Å². The molecule has 176 valence electrons. The molecule has 2 heterocycles. The summed E-state index contributed by atoms with van der Waals surface area (Å²) in [5, 5.41) is 14.5. The number of hydrogen-bond donors (Lipinski definition) is 2. The molecule has 0 aliphatic carbocycles. The zero-order valence-electron chi connectivity index (χ0n) is 18.7. The molecule has 2 saturated heterocycles. The highest BCUT2D eigenvalue weighted by Gasteiger charge is 2.38. The van der Waals surface area contributed by atoms with Gasteiger partial charge in [0.25, 0.3) is 5.91 Å². The minimum atomic E-state index is -0.785. The van der Waals surface area contributed by atoms with Crippen LogP contribution in [0.2, 0.25) is 10.0 Å². The second-order valence-corrected chi connectivity index (χ2v) is 9.84. The van der Waals surface area contributed by atoms with E-state index in [-0.39, 0.29) is 24.4 Å². The zero-order chi connectivity index (χ0) is 23.6. The van der Waals surface area contributed by atoms with Crippen LogP contribution in [0.5, 0.6) is 0 Å². The average Bonchev–Trinajstić information content (AvgIpc) is 3.30. The normalized spacial score (nSPS) is 20.6. The van der Waals surface area contributed by atoms with Crippen LogP contribution in [0.25, 0.3) is 0 Å². The van der Waals surface area contributed by atoms with Crippen molar-refractivity contribution >= 4 is 35.0 Å². The van der Waals surface area contributed by atoms with Crippen molar-refractivity contribution in [3.05, 3.63) is 69.2 Å². The maximum Gasteiger partial charge on any atom is 0.251 e. The van der Waals surface area contributed by atoms with E-state index < -0.39 is 5.60 Å². The first-order chi connectivity index (χ1) is 15.7. The standard InChI is InChI=1S/C25H29Cl2N3O3/c1-17-2-5-19(6-3-17)25(33)9-12-29(13-10-25)20-8-11-30(16-20)23(31)15-28-24(32)18-4-7-21(26)22(27)14-18/h2-7,14,20,33H,8-13,15-16H2,1H3,(H,28,32). The summed E-state index contributed by atoms with van der Waals surface area (Å²) < 4.78 is 0. The van der Waals surface area contributed by atoms with Crippen molar-refractivity contribution in [3.63, 3.8) is 0 Å². The Morgan fingerprint density at radius 2 is 1.76 bits per heavy atom. The molecule has 33 heavy (non-hydrogen) atoms. The fraction of sp³-hybridized carbons (Fsp3) is 0.440. The molecule has 4 rings (SSSR count). The molecule has 2 N–H and O–H groups in total. The number of aryl methyl sites for hydroxylation is 1. The van der Waals surface area contributed by atoms with Gasteiger partial charge in [0, 0.05) is 37.8 Å².